The van der Waals surface area contributed by atoms with Gasteiger partial charge in [-0.05, 0) is 131 Å². The van der Waals surface area contributed by atoms with E-state index in [4.69, 9.17) is 0 Å². The lowest BCUT2D eigenvalue weighted by Gasteiger charge is -2.35. The molecule has 0 saturated carbocycles. The molecule has 8 bridgehead atoms. The molecule has 2 N–H and O–H groups in total. The predicted octanol–water partition coefficient (Wildman–Crippen LogP) is 10.5. The molecule has 0 amide bonds. The smallest absolute Gasteiger partial charge is 0.0760 e. The summed E-state index contributed by atoms with van der Waals surface area (Å²) in [7, 11) is 0. The van der Waals surface area contributed by atoms with Crippen molar-refractivity contribution in [2.75, 3.05) is 10.6 Å². The van der Waals surface area contributed by atoms with Crippen LogP contribution < -0.4 is 10.6 Å². The maximum atomic E-state index is 4.11. The van der Waals surface area contributed by atoms with E-state index < -0.39 is 0 Å². The summed E-state index contributed by atoms with van der Waals surface area (Å²) >= 11 is 0. The third-order valence-corrected chi connectivity index (χ3v) is 10.4. The molecule has 0 saturated heterocycles. The van der Waals surface area contributed by atoms with Crippen LogP contribution in [0.3, 0.4) is 0 Å². The van der Waals surface area contributed by atoms with Gasteiger partial charge in [0.05, 0.1) is 12.1 Å². The summed E-state index contributed by atoms with van der Waals surface area (Å²) in [6.45, 7) is 0. The molecule has 6 aromatic rings. The fraction of sp³-hybridized carbons (Fsp3) is 0.217. The van der Waals surface area contributed by atoms with E-state index in [0.29, 0.717) is 0 Å². The molecule has 0 aliphatic heterocycles. The van der Waals surface area contributed by atoms with E-state index in [0.717, 1.165) is 62.7 Å². The van der Waals surface area contributed by atoms with Gasteiger partial charge in [0.1, 0.15) is 0 Å². The van der Waals surface area contributed by atoms with Crippen LogP contribution in [0.5, 0.6) is 0 Å². The lowest BCUT2D eigenvalue weighted by Crippen LogP contribution is -2.28. The first kappa shape index (κ1) is 30.3. The quantitative estimate of drug-likeness (QED) is 0.185. The molecule has 0 aromatic heterocycles. The van der Waals surface area contributed by atoms with E-state index in [2.05, 4.69) is 156 Å². The summed E-state index contributed by atoms with van der Waals surface area (Å²) in [5.74, 6) is 0. The third-order valence-electron chi connectivity index (χ3n) is 10.4. The molecule has 8 aliphatic carbocycles. The summed E-state index contributed by atoms with van der Waals surface area (Å²) in [5, 5.41) is 8.22. The maximum absolute atomic E-state index is 4.11. The number of para-hydroxylation sites is 2. The van der Waals surface area contributed by atoms with Crippen molar-refractivity contribution < 1.29 is 0 Å². The fourth-order valence-corrected chi connectivity index (χ4v) is 7.62. The number of hydrogen-bond donors (Lipinski definition) is 2. The van der Waals surface area contributed by atoms with Crippen molar-refractivity contribution in [3.05, 3.63) is 201 Å². The average molecular weight is 625 g/mol. The molecule has 2 heteroatoms. The monoisotopic (exact) mass is 624 g/mol. The number of hydrogen-bond acceptors (Lipinski definition) is 2. The first-order valence-corrected chi connectivity index (χ1v) is 17.8. The van der Waals surface area contributed by atoms with Crippen LogP contribution >= 0.6 is 0 Å². The van der Waals surface area contributed by atoms with Gasteiger partial charge in [-0.1, -0.05) is 121 Å². The van der Waals surface area contributed by atoms with Crippen LogP contribution in [0.25, 0.3) is 0 Å². The van der Waals surface area contributed by atoms with E-state index >= 15 is 0 Å². The van der Waals surface area contributed by atoms with Crippen LogP contribution in [0.2, 0.25) is 0 Å². The third kappa shape index (κ3) is 6.94. The van der Waals surface area contributed by atoms with Crippen molar-refractivity contribution in [3.63, 3.8) is 0 Å². The van der Waals surface area contributed by atoms with E-state index in [9.17, 15) is 0 Å². The summed E-state index contributed by atoms with van der Waals surface area (Å²) < 4.78 is 0. The Bertz CT molecular complexity index is 1810. The van der Waals surface area contributed by atoms with Gasteiger partial charge in [-0.25, -0.2) is 0 Å². The van der Waals surface area contributed by atoms with Gasteiger partial charge in [0, 0.05) is 11.4 Å². The predicted molar refractivity (Wildman–Crippen MR) is 201 cm³/mol. The summed E-state index contributed by atoms with van der Waals surface area (Å²) in [5.41, 5.74) is 16.4. The molecule has 8 aliphatic rings. The van der Waals surface area contributed by atoms with Gasteiger partial charge in [-0.15, -0.1) is 0 Å². The highest BCUT2D eigenvalue weighted by Crippen LogP contribution is 2.40. The lowest BCUT2D eigenvalue weighted by atomic mass is 9.82. The molecule has 6 aromatic carbocycles. The van der Waals surface area contributed by atoms with Gasteiger partial charge < -0.3 is 10.6 Å². The molecule has 2 atom stereocenters. The first-order valence-electron chi connectivity index (χ1n) is 17.8. The Kier molecular flexibility index (Phi) is 8.80. The minimum Gasteiger partial charge on any atom is -0.376 e. The summed E-state index contributed by atoms with van der Waals surface area (Å²) in [6, 6.07) is 54.9. The summed E-state index contributed by atoms with van der Waals surface area (Å²) in [6.07, 6.45) is 8.22. The number of nitrogens with one attached hydrogen (secondary N) is 2. The molecule has 0 spiro atoms. The highest BCUT2D eigenvalue weighted by molar-refractivity contribution is 5.54. The molecule has 14 rings (SSSR count). The van der Waals surface area contributed by atoms with Crippen molar-refractivity contribution >= 4 is 11.4 Å². The van der Waals surface area contributed by atoms with Gasteiger partial charge in [-0.3, -0.25) is 0 Å². The zero-order valence-electron chi connectivity index (χ0n) is 27.7. The molecular formula is C46H44N2. The first-order chi connectivity index (χ1) is 23.7. The van der Waals surface area contributed by atoms with Gasteiger partial charge in [0.2, 0.25) is 0 Å². The number of aryl methyl sites for hydroxylation is 8. The highest BCUT2D eigenvalue weighted by atomic mass is 15.0. The fourth-order valence-electron chi connectivity index (χ4n) is 7.62. The minimum atomic E-state index is -0.00778. The Hall–Kier alpha value is -5.08. The molecule has 238 valence electrons. The van der Waals surface area contributed by atoms with E-state index in [1.807, 2.05) is 0 Å². The zero-order chi connectivity index (χ0) is 32.1. The molecule has 0 radical (unpaired) electrons. The normalized spacial score (nSPS) is 15.1. The second-order valence-corrected chi connectivity index (χ2v) is 13.7. The molecule has 2 nitrogen and oxygen atoms in total. The molecule has 0 unspecified atom stereocenters. The van der Waals surface area contributed by atoms with Crippen molar-refractivity contribution in [1.82, 2.24) is 0 Å². The van der Waals surface area contributed by atoms with Crippen LogP contribution in [0.15, 0.2) is 146 Å². The Labute approximate surface area is 285 Å². The Balaban J connectivity index is 1.29. The van der Waals surface area contributed by atoms with Gasteiger partial charge in [0.25, 0.3) is 0 Å². The van der Waals surface area contributed by atoms with Crippen molar-refractivity contribution in [3.8, 4) is 0 Å². The van der Waals surface area contributed by atoms with Gasteiger partial charge in [-0.2, -0.15) is 0 Å². The van der Waals surface area contributed by atoms with Crippen molar-refractivity contribution in [2.45, 2.75) is 63.5 Å². The molecule has 0 fully saturated rings. The standard InChI is InChI=1S/C46H44N2/c1-3-7-41(8-4-1)47-45(43-31-37-21-19-33-11-15-35(16-12-33)23-27-39(43)29-25-37)46(48-42-9-5-2-6-10-42)44-32-38-22-20-34-13-17-36(18-14-34)24-28-40(44)30-26-38/h1-18,25-26,29-32,45-48H,19-24,27-28H2/t45-,46-/m0/s1. The topological polar surface area (TPSA) is 24.1 Å². The van der Waals surface area contributed by atoms with Crippen LogP contribution in [0, 0.1) is 0 Å². The van der Waals surface area contributed by atoms with Crippen LogP contribution in [0.4, 0.5) is 11.4 Å². The van der Waals surface area contributed by atoms with Crippen LogP contribution in [-0.4, -0.2) is 0 Å². The van der Waals surface area contributed by atoms with E-state index in [1.165, 1.54) is 55.6 Å². The second-order valence-electron chi connectivity index (χ2n) is 13.7. The molecule has 48 heavy (non-hydrogen) atoms. The van der Waals surface area contributed by atoms with E-state index in [-0.39, 0.29) is 12.1 Å². The summed E-state index contributed by atoms with van der Waals surface area (Å²) in [4.78, 5) is 0. The maximum Gasteiger partial charge on any atom is 0.0760 e. The number of benzene rings is 6. The minimum absolute atomic E-state index is 0.00778. The van der Waals surface area contributed by atoms with Crippen molar-refractivity contribution in [2.24, 2.45) is 0 Å². The van der Waals surface area contributed by atoms with Gasteiger partial charge in [0.15, 0.2) is 0 Å². The zero-order valence-corrected chi connectivity index (χ0v) is 27.7. The number of anilines is 2. The Morgan fingerprint density at radius 3 is 1.00 bits per heavy atom. The SMILES string of the molecule is c1ccc(N[C@@H](c2cc3ccc2CCc2ccc(cc2)CC3)[C@@H](Nc2ccccc2)c2cc3ccc2CCc2ccc(cc2)CC3)cc1. The lowest BCUT2D eigenvalue weighted by molar-refractivity contribution is 0.633. The average Bonchev–Trinajstić information content (AvgIpc) is 3.13. The van der Waals surface area contributed by atoms with Crippen molar-refractivity contribution in [1.29, 1.82) is 0 Å². The van der Waals surface area contributed by atoms with Crippen LogP contribution in [-0.2, 0) is 51.4 Å². The van der Waals surface area contributed by atoms with E-state index in [1.54, 1.807) is 0 Å². The van der Waals surface area contributed by atoms with Crippen LogP contribution in [0.1, 0.15) is 67.7 Å². The highest BCUT2D eigenvalue weighted by Gasteiger charge is 2.30. The molecular weight excluding hydrogens is 581 g/mol. The second kappa shape index (κ2) is 14.0. The molecule has 0 heterocycles. The number of rotatable bonds is 7. The van der Waals surface area contributed by atoms with Gasteiger partial charge >= 0.3 is 0 Å². The largest absolute Gasteiger partial charge is 0.376 e. The Morgan fingerprint density at radius 2 is 0.625 bits per heavy atom. The Morgan fingerprint density at radius 1 is 0.312 bits per heavy atom.